The molecule has 1 amide bonds. The van der Waals surface area contributed by atoms with Crippen LogP contribution in [0, 0.1) is 0 Å². The number of amides is 1. The summed E-state index contributed by atoms with van der Waals surface area (Å²) in [4.78, 5) is 25.7. The fourth-order valence-electron chi connectivity index (χ4n) is 0.946. The summed E-state index contributed by atoms with van der Waals surface area (Å²) in [5, 5.41) is 10.9. The van der Waals surface area contributed by atoms with Gasteiger partial charge in [0.15, 0.2) is 0 Å². The Kier molecular flexibility index (Phi) is 3.22. The van der Waals surface area contributed by atoms with Gasteiger partial charge in [0.25, 0.3) is 5.91 Å². The lowest BCUT2D eigenvalue weighted by molar-refractivity contribution is -0.138. The standard InChI is InChI=1S/C9H11N3O3/c1-5(9(14)15)12-8(13)6-3-2-4-11-7(6)10/h2-5H,1H3,(H2,10,11)(H,12,13)(H,14,15). The van der Waals surface area contributed by atoms with E-state index in [4.69, 9.17) is 10.8 Å². The molecule has 80 valence electrons. The Labute approximate surface area is 86.1 Å². The minimum Gasteiger partial charge on any atom is -0.480 e. The smallest absolute Gasteiger partial charge is 0.325 e. The number of rotatable bonds is 3. The van der Waals surface area contributed by atoms with Crippen LogP contribution in [0.25, 0.3) is 0 Å². The van der Waals surface area contributed by atoms with E-state index in [0.29, 0.717) is 0 Å². The summed E-state index contributed by atoms with van der Waals surface area (Å²) in [7, 11) is 0. The second kappa shape index (κ2) is 4.41. The molecule has 1 unspecified atom stereocenters. The van der Waals surface area contributed by atoms with Crippen LogP contribution in [0.2, 0.25) is 0 Å². The van der Waals surface area contributed by atoms with Crippen LogP contribution in [-0.2, 0) is 4.79 Å². The van der Waals surface area contributed by atoms with E-state index in [2.05, 4.69) is 10.3 Å². The van der Waals surface area contributed by atoms with Crippen molar-refractivity contribution < 1.29 is 14.7 Å². The van der Waals surface area contributed by atoms with Gasteiger partial charge in [0.2, 0.25) is 0 Å². The predicted molar refractivity (Wildman–Crippen MR) is 53.2 cm³/mol. The van der Waals surface area contributed by atoms with E-state index >= 15 is 0 Å². The number of hydrogen-bond donors (Lipinski definition) is 3. The first-order valence-electron chi connectivity index (χ1n) is 4.26. The van der Waals surface area contributed by atoms with Crippen molar-refractivity contribution in [2.24, 2.45) is 0 Å². The van der Waals surface area contributed by atoms with Crippen molar-refractivity contribution in [1.29, 1.82) is 0 Å². The molecule has 0 bridgehead atoms. The minimum atomic E-state index is -1.11. The number of aromatic nitrogens is 1. The van der Waals surface area contributed by atoms with Crippen LogP contribution >= 0.6 is 0 Å². The lowest BCUT2D eigenvalue weighted by Gasteiger charge is -2.09. The topological polar surface area (TPSA) is 105 Å². The lowest BCUT2D eigenvalue weighted by atomic mass is 10.2. The summed E-state index contributed by atoms with van der Waals surface area (Å²) >= 11 is 0. The van der Waals surface area contributed by atoms with Crippen molar-refractivity contribution in [3.8, 4) is 0 Å². The Balaban J connectivity index is 2.78. The summed E-state index contributed by atoms with van der Waals surface area (Å²) in [5.74, 6) is -1.58. The molecule has 0 aliphatic heterocycles. The van der Waals surface area contributed by atoms with E-state index in [1.165, 1.54) is 19.2 Å². The van der Waals surface area contributed by atoms with Crippen LogP contribution in [-0.4, -0.2) is 28.0 Å². The number of nitrogens with two attached hydrogens (primary N) is 1. The van der Waals surface area contributed by atoms with Gasteiger partial charge in [0.1, 0.15) is 11.9 Å². The molecule has 1 atom stereocenters. The quantitative estimate of drug-likeness (QED) is 0.642. The summed E-state index contributed by atoms with van der Waals surface area (Å²) < 4.78 is 0. The summed E-state index contributed by atoms with van der Waals surface area (Å²) in [6.07, 6.45) is 1.45. The van der Waals surface area contributed by atoms with Crippen molar-refractivity contribution in [2.45, 2.75) is 13.0 Å². The van der Waals surface area contributed by atoms with Gasteiger partial charge in [-0.1, -0.05) is 0 Å². The number of carboxylic acids is 1. The zero-order valence-electron chi connectivity index (χ0n) is 8.10. The summed E-state index contributed by atoms with van der Waals surface area (Å²) in [5.41, 5.74) is 5.63. The number of nitrogen functional groups attached to an aromatic ring is 1. The van der Waals surface area contributed by atoms with Crippen molar-refractivity contribution in [2.75, 3.05) is 5.73 Å². The van der Waals surface area contributed by atoms with Crippen LogP contribution in [0.15, 0.2) is 18.3 Å². The predicted octanol–water partition coefficient (Wildman–Crippen LogP) is -0.133. The molecule has 0 aliphatic carbocycles. The van der Waals surface area contributed by atoms with Gasteiger partial charge in [-0.05, 0) is 19.1 Å². The minimum absolute atomic E-state index is 0.0765. The highest BCUT2D eigenvalue weighted by atomic mass is 16.4. The van der Waals surface area contributed by atoms with E-state index in [-0.39, 0.29) is 11.4 Å². The number of nitrogens with zero attached hydrogens (tertiary/aromatic N) is 1. The number of carboxylic acid groups (broad SMARTS) is 1. The zero-order valence-corrected chi connectivity index (χ0v) is 8.10. The lowest BCUT2D eigenvalue weighted by Crippen LogP contribution is -2.38. The molecule has 0 saturated heterocycles. The number of pyridine rings is 1. The number of carbonyl (C=O) groups excluding carboxylic acids is 1. The molecule has 0 saturated carbocycles. The first-order chi connectivity index (χ1) is 7.02. The molecule has 15 heavy (non-hydrogen) atoms. The van der Waals surface area contributed by atoms with Gasteiger partial charge in [-0.25, -0.2) is 4.98 Å². The zero-order chi connectivity index (χ0) is 11.4. The van der Waals surface area contributed by atoms with E-state index in [9.17, 15) is 9.59 Å². The average molecular weight is 209 g/mol. The Morgan fingerprint density at radius 2 is 2.27 bits per heavy atom. The summed E-state index contributed by atoms with van der Waals surface area (Å²) in [6.45, 7) is 1.37. The number of nitrogens with one attached hydrogen (secondary N) is 1. The fraction of sp³-hybridized carbons (Fsp3) is 0.222. The van der Waals surface area contributed by atoms with Crippen LogP contribution < -0.4 is 11.1 Å². The van der Waals surface area contributed by atoms with Crippen molar-refractivity contribution in [3.05, 3.63) is 23.9 Å². The Bertz CT molecular complexity index is 392. The van der Waals surface area contributed by atoms with E-state index in [1.54, 1.807) is 6.07 Å². The van der Waals surface area contributed by atoms with Gasteiger partial charge in [-0.3, -0.25) is 9.59 Å². The fourth-order valence-corrected chi connectivity index (χ4v) is 0.946. The molecule has 1 rings (SSSR count). The van der Waals surface area contributed by atoms with Crippen LogP contribution in [0.4, 0.5) is 5.82 Å². The Hall–Kier alpha value is -2.11. The monoisotopic (exact) mass is 209 g/mol. The molecule has 0 radical (unpaired) electrons. The second-order valence-corrected chi connectivity index (χ2v) is 2.97. The summed E-state index contributed by atoms with van der Waals surface area (Å²) in [6, 6.07) is 2.07. The van der Waals surface area contributed by atoms with Gasteiger partial charge in [-0.15, -0.1) is 0 Å². The molecule has 1 aromatic rings. The van der Waals surface area contributed by atoms with E-state index in [0.717, 1.165) is 0 Å². The van der Waals surface area contributed by atoms with Gasteiger partial charge in [0.05, 0.1) is 5.56 Å². The number of carbonyl (C=O) groups is 2. The van der Waals surface area contributed by atoms with E-state index in [1.807, 2.05) is 0 Å². The van der Waals surface area contributed by atoms with Gasteiger partial charge >= 0.3 is 5.97 Å². The van der Waals surface area contributed by atoms with Gasteiger partial charge in [-0.2, -0.15) is 0 Å². The van der Waals surface area contributed by atoms with Crippen molar-refractivity contribution >= 4 is 17.7 Å². The van der Waals surface area contributed by atoms with Crippen LogP contribution in [0.1, 0.15) is 17.3 Å². The number of hydrogen-bond acceptors (Lipinski definition) is 4. The Morgan fingerprint density at radius 3 is 2.80 bits per heavy atom. The maximum Gasteiger partial charge on any atom is 0.325 e. The normalized spacial score (nSPS) is 11.8. The molecule has 1 aromatic heterocycles. The molecule has 0 spiro atoms. The molecule has 0 aliphatic rings. The molecule has 0 fully saturated rings. The largest absolute Gasteiger partial charge is 0.480 e. The average Bonchev–Trinajstić information content (AvgIpc) is 2.18. The third kappa shape index (κ3) is 2.67. The van der Waals surface area contributed by atoms with Crippen molar-refractivity contribution in [1.82, 2.24) is 10.3 Å². The first kappa shape index (κ1) is 11.0. The van der Waals surface area contributed by atoms with Gasteiger partial charge < -0.3 is 16.2 Å². The van der Waals surface area contributed by atoms with Crippen LogP contribution in [0.5, 0.6) is 0 Å². The molecule has 4 N–H and O–H groups in total. The molecule has 1 heterocycles. The maximum atomic E-state index is 11.5. The molecular formula is C9H11N3O3. The highest BCUT2D eigenvalue weighted by Crippen LogP contribution is 2.06. The van der Waals surface area contributed by atoms with Gasteiger partial charge in [0, 0.05) is 6.20 Å². The SMILES string of the molecule is CC(NC(=O)c1cccnc1N)C(=O)O. The Morgan fingerprint density at radius 1 is 1.60 bits per heavy atom. The molecular weight excluding hydrogens is 198 g/mol. The number of anilines is 1. The van der Waals surface area contributed by atoms with Crippen molar-refractivity contribution in [3.63, 3.8) is 0 Å². The van der Waals surface area contributed by atoms with Crippen LogP contribution in [0.3, 0.4) is 0 Å². The molecule has 6 heteroatoms. The first-order valence-corrected chi connectivity index (χ1v) is 4.26. The second-order valence-electron chi connectivity index (χ2n) is 2.97. The maximum absolute atomic E-state index is 11.5. The molecule has 0 aromatic carbocycles. The third-order valence-electron chi connectivity index (χ3n) is 1.80. The highest BCUT2D eigenvalue weighted by molar-refractivity contribution is 5.99. The highest BCUT2D eigenvalue weighted by Gasteiger charge is 2.16. The number of aliphatic carboxylic acids is 1. The van der Waals surface area contributed by atoms with E-state index < -0.39 is 17.9 Å². The third-order valence-corrected chi connectivity index (χ3v) is 1.80. The molecule has 6 nitrogen and oxygen atoms in total.